The molecule has 0 aliphatic heterocycles. The number of thiazole rings is 1. The lowest BCUT2D eigenvalue weighted by atomic mass is 10.2. The van der Waals surface area contributed by atoms with Gasteiger partial charge in [0.05, 0.1) is 25.3 Å². The average molecular weight is 228 g/mol. The Morgan fingerprint density at radius 2 is 2.47 bits per heavy atom. The standard InChI is InChI=1S/C10H16N2O2S/c1-3-4-8(11)10-12-7(6-15-10)5-9(13)14-2/h6,8H,3-5,11H2,1-2H3. The normalized spacial score (nSPS) is 12.5. The smallest absolute Gasteiger partial charge is 0.311 e. The molecule has 1 aromatic heterocycles. The maximum absolute atomic E-state index is 11.0. The van der Waals surface area contributed by atoms with Crippen LogP contribution in [0.15, 0.2) is 5.38 Å². The Labute approximate surface area is 93.5 Å². The SMILES string of the molecule is CCCC(N)c1nc(CC(=O)OC)cs1. The van der Waals surface area contributed by atoms with E-state index in [1.165, 1.54) is 18.4 Å². The quantitative estimate of drug-likeness (QED) is 0.778. The van der Waals surface area contributed by atoms with Gasteiger partial charge in [-0.15, -0.1) is 11.3 Å². The Kier molecular flexibility index (Phi) is 4.71. The maximum Gasteiger partial charge on any atom is 0.311 e. The van der Waals surface area contributed by atoms with Crippen LogP contribution in [0.4, 0.5) is 0 Å². The summed E-state index contributed by atoms with van der Waals surface area (Å²) in [7, 11) is 1.37. The average Bonchev–Trinajstić information content (AvgIpc) is 2.66. The van der Waals surface area contributed by atoms with Crippen LogP contribution in [0.3, 0.4) is 0 Å². The van der Waals surface area contributed by atoms with E-state index >= 15 is 0 Å². The summed E-state index contributed by atoms with van der Waals surface area (Å²) in [4.78, 5) is 15.3. The summed E-state index contributed by atoms with van der Waals surface area (Å²) in [5.74, 6) is -0.268. The van der Waals surface area contributed by atoms with Crippen molar-refractivity contribution in [3.8, 4) is 0 Å². The molecule has 0 fully saturated rings. The minimum absolute atomic E-state index is 0.00797. The number of rotatable bonds is 5. The first-order valence-electron chi connectivity index (χ1n) is 4.94. The van der Waals surface area contributed by atoms with Crippen LogP contribution < -0.4 is 5.73 Å². The first-order valence-corrected chi connectivity index (χ1v) is 5.82. The minimum atomic E-state index is -0.268. The molecular formula is C10H16N2O2S. The molecule has 0 saturated carbocycles. The van der Waals surface area contributed by atoms with E-state index in [9.17, 15) is 4.79 Å². The van der Waals surface area contributed by atoms with Gasteiger partial charge in [0.2, 0.25) is 0 Å². The number of nitrogens with zero attached hydrogens (tertiary/aromatic N) is 1. The molecule has 0 bridgehead atoms. The van der Waals surface area contributed by atoms with Crippen molar-refractivity contribution in [1.82, 2.24) is 4.98 Å². The third-order valence-corrected chi connectivity index (χ3v) is 3.06. The monoisotopic (exact) mass is 228 g/mol. The summed E-state index contributed by atoms with van der Waals surface area (Å²) in [5.41, 5.74) is 6.66. The van der Waals surface area contributed by atoms with E-state index in [2.05, 4.69) is 16.6 Å². The zero-order chi connectivity index (χ0) is 11.3. The lowest BCUT2D eigenvalue weighted by Crippen LogP contribution is -2.10. The second kappa shape index (κ2) is 5.82. The van der Waals surface area contributed by atoms with Gasteiger partial charge in [0, 0.05) is 5.38 Å². The van der Waals surface area contributed by atoms with Crippen LogP contribution >= 0.6 is 11.3 Å². The molecule has 0 aliphatic rings. The van der Waals surface area contributed by atoms with Gasteiger partial charge >= 0.3 is 5.97 Å². The first kappa shape index (κ1) is 12.1. The molecule has 15 heavy (non-hydrogen) atoms. The highest BCUT2D eigenvalue weighted by atomic mass is 32.1. The number of esters is 1. The van der Waals surface area contributed by atoms with E-state index in [0.717, 1.165) is 23.5 Å². The number of ether oxygens (including phenoxy) is 1. The molecule has 0 aliphatic carbocycles. The third-order valence-electron chi connectivity index (χ3n) is 2.04. The van der Waals surface area contributed by atoms with Crippen LogP contribution in [0.5, 0.6) is 0 Å². The van der Waals surface area contributed by atoms with Crippen LogP contribution in [-0.4, -0.2) is 18.1 Å². The van der Waals surface area contributed by atoms with Crippen LogP contribution in [-0.2, 0) is 16.0 Å². The van der Waals surface area contributed by atoms with Gasteiger partial charge in [0.15, 0.2) is 0 Å². The molecule has 0 amide bonds. The molecule has 1 unspecified atom stereocenters. The van der Waals surface area contributed by atoms with E-state index in [-0.39, 0.29) is 18.4 Å². The van der Waals surface area contributed by atoms with Gasteiger partial charge in [-0.2, -0.15) is 0 Å². The van der Waals surface area contributed by atoms with Crippen molar-refractivity contribution in [2.75, 3.05) is 7.11 Å². The summed E-state index contributed by atoms with van der Waals surface area (Å²) in [6, 6.07) is -0.00797. The Bertz CT molecular complexity index is 325. The predicted octanol–water partition coefficient (Wildman–Crippen LogP) is 1.66. The molecule has 0 spiro atoms. The second-order valence-electron chi connectivity index (χ2n) is 3.33. The largest absolute Gasteiger partial charge is 0.469 e. The second-order valence-corrected chi connectivity index (χ2v) is 4.21. The molecule has 0 radical (unpaired) electrons. The molecular weight excluding hydrogens is 212 g/mol. The third kappa shape index (κ3) is 3.60. The molecule has 84 valence electrons. The van der Waals surface area contributed by atoms with Crippen molar-refractivity contribution in [1.29, 1.82) is 0 Å². The highest BCUT2D eigenvalue weighted by Gasteiger charge is 2.12. The summed E-state index contributed by atoms with van der Waals surface area (Å²) in [6.07, 6.45) is 2.18. The van der Waals surface area contributed by atoms with Crippen LogP contribution in [0.25, 0.3) is 0 Å². The predicted molar refractivity (Wildman–Crippen MR) is 59.7 cm³/mol. The molecule has 1 aromatic rings. The highest BCUT2D eigenvalue weighted by molar-refractivity contribution is 7.09. The van der Waals surface area contributed by atoms with Gasteiger partial charge in [0.25, 0.3) is 0 Å². The topological polar surface area (TPSA) is 65.2 Å². The number of nitrogens with two attached hydrogens (primary N) is 1. The van der Waals surface area contributed by atoms with Crippen molar-refractivity contribution >= 4 is 17.3 Å². The van der Waals surface area contributed by atoms with Gasteiger partial charge in [0.1, 0.15) is 5.01 Å². The van der Waals surface area contributed by atoms with E-state index in [4.69, 9.17) is 5.73 Å². The molecule has 1 atom stereocenters. The van der Waals surface area contributed by atoms with Crippen LogP contribution in [0.2, 0.25) is 0 Å². The summed E-state index contributed by atoms with van der Waals surface area (Å²) in [5, 5.41) is 2.76. The van der Waals surface area contributed by atoms with Gasteiger partial charge in [-0.3, -0.25) is 4.79 Å². The van der Waals surface area contributed by atoms with Crippen molar-refractivity contribution in [3.63, 3.8) is 0 Å². The fourth-order valence-corrected chi connectivity index (χ4v) is 2.08. The Morgan fingerprint density at radius 1 is 1.73 bits per heavy atom. The molecule has 1 heterocycles. The van der Waals surface area contributed by atoms with Crippen LogP contribution in [0.1, 0.15) is 36.5 Å². The number of hydrogen-bond donors (Lipinski definition) is 1. The number of hydrogen-bond acceptors (Lipinski definition) is 5. The molecule has 5 heteroatoms. The minimum Gasteiger partial charge on any atom is -0.469 e. The number of aromatic nitrogens is 1. The van der Waals surface area contributed by atoms with Gasteiger partial charge in [-0.05, 0) is 6.42 Å². The molecule has 0 saturated heterocycles. The van der Waals surface area contributed by atoms with Gasteiger partial charge < -0.3 is 10.5 Å². The van der Waals surface area contributed by atoms with E-state index in [1.807, 2.05) is 5.38 Å². The lowest BCUT2D eigenvalue weighted by molar-refractivity contribution is -0.139. The van der Waals surface area contributed by atoms with Crippen molar-refractivity contribution < 1.29 is 9.53 Å². The Balaban J connectivity index is 2.59. The Morgan fingerprint density at radius 3 is 3.07 bits per heavy atom. The van der Waals surface area contributed by atoms with Gasteiger partial charge in [-0.25, -0.2) is 4.98 Å². The lowest BCUT2D eigenvalue weighted by Gasteiger charge is -2.04. The summed E-state index contributed by atoms with van der Waals surface area (Å²) < 4.78 is 4.57. The number of carbonyl (C=O) groups excluding carboxylic acids is 1. The van der Waals surface area contributed by atoms with E-state index in [1.54, 1.807) is 0 Å². The zero-order valence-corrected chi connectivity index (χ0v) is 9.84. The molecule has 2 N–H and O–H groups in total. The molecule has 4 nitrogen and oxygen atoms in total. The van der Waals surface area contributed by atoms with E-state index < -0.39 is 0 Å². The van der Waals surface area contributed by atoms with E-state index in [0.29, 0.717) is 0 Å². The van der Waals surface area contributed by atoms with Crippen molar-refractivity contribution in [3.05, 3.63) is 16.1 Å². The number of carbonyl (C=O) groups is 1. The van der Waals surface area contributed by atoms with Crippen molar-refractivity contribution in [2.45, 2.75) is 32.2 Å². The zero-order valence-electron chi connectivity index (χ0n) is 9.03. The molecule has 0 aromatic carbocycles. The van der Waals surface area contributed by atoms with Gasteiger partial charge in [-0.1, -0.05) is 13.3 Å². The van der Waals surface area contributed by atoms with Crippen molar-refractivity contribution in [2.24, 2.45) is 5.73 Å². The fraction of sp³-hybridized carbons (Fsp3) is 0.600. The maximum atomic E-state index is 11.0. The van der Waals surface area contributed by atoms with Crippen LogP contribution in [0, 0.1) is 0 Å². The summed E-state index contributed by atoms with van der Waals surface area (Å²) in [6.45, 7) is 2.09. The fourth-order valence-electron chi connectivity index (χ4n) is 1.23. The highest BCUT2D eigenvalue weighted by Crippen LogP contribution is 2.20. The number of methoxy groups -OCH3 is 1. The Hall–Kier alpha value is -0.940. The first-order chi connectivity index (χ1) is 7.17. The summed E-state index contributed by atoms with van der Waals surface area (Å²) >= 11 is 1.51. The molecule has 1 rings (SSSR count).